The third-order valence-electron chi connectivity index (χ3n) is 3.04. The first-order chi connectivity index (χ1) is 8.66. The van der Waals surface area contributed by atoms with Gasteiger partial charge in [0.2, 0.25) is 5.91 Å². The molecule has 18 heavy (non-hydrogen) atoms. The predicted molar refractivity (Wildman–Crippen MR) is 75.5 cm³/mol. The second kappa shape index (κ2) is 12.6. The van der Waals surface area contributed by atoms with Gasteiger partial charge < -0.3 is 10.1 Å². The monoisotopic (exact) mass is 255 g/mol. The number of nitrogens with one attached hydrogen (secondary N) is 1. The number of hydrogen-bond donors (Lipinski definition) is 1. The summed E-state index contributed by atoms with van der Waals surface area (Å²) >= 11 is 0. The summed E-state index contributed by atoms with van der Waals surface area (Å²) < 4.78 is 0. The van der Waals surface area contributed by atoms with Crippen LogP contribution in [0.1, 0.15) is 78.1 Å². The van der Waals surface area contributed by atoms with Gasteiger partial charge >= 0.3 is 0 Å². The lowest BCUT2D eigenvalue weighted by Crippen LogP contribution is -2.23. The molecule has 0 atom stereocenters. The van der Waals surface area contributed by atoms with Crippen molar-refractivity contribution in [1.82, 2.24) is 5.32 Å². The Labute approximate surface area is 112 Å². The molecule has 1 N–H and O–H groups in total. The van der Waals surface area contributed by atoms with E-state index >= 15 is 0 Å². The van der Waals surface area contributed by atoms with Gasteiger partial charge in [-0.1, -0.05) is 39.0 Å². The molecular formula is C15H29NO2. The molecule has 0 aliphatic rings. The van der Waals surface area contributed by atoms with Gasteiger partial charge in [-0.2, -0.15) is 0 Å². The standard InChI is InChI=1S/C15H29NO2/c1-3-4-5-6-9-12-15(18)16-13-10-7-8-11-14(2)17/h3-13H2,1-2H3,(H,16,18). The van der Waals surface area contributed by atoms with Gasteiger partial charge in [-0.05, 0) is 26.2 Å². The maximum absolute atomic E-state index is 11.5. The molecule has 0 radical (unpaired) electrons. The number of unbranched alkanes of at least 4 members (excludes halogenated alkanes) is 6. The topological polar surface area (TPSA) is 46.2 Å². The fraction of sp³-hybridized carbons (Fsp3) is 0.867. The van der Waals surface area contributed by atoms with Crippen LogP contribution in [0.15, 0.2) is 0 Å². The highest BCUT2D eigenvalue weighted by Crippen LogP contribution is 2.05. The molecule has 0 heterocycles. The van der Waals surface area contributed by atoms with Gasteiger partial charge in [0, 0.05) is 19.4 Å². The van der Waals surface area contributed by atoms with E-state index in [1.54, 1.807) is 6.92 Å². The van der Waals surface area contributed by atoms with Crippen LogP contribution < -0.4 is 5.32 Å². The van der Waals surface area contributed by atoms with E-state index in [1.165, 1.54) is 25.7 Å². The zero-order valence-electron chi connectivity index (χ0n) is 12.1. The van der Waals surface area contributed by atoms with Crippen LogP contribution >= 0.6 is 0 Å². The minimum Gasteiger partial charge on any atom is -0.356 e. The van der Waals surface area contributed by atoms with Crippen LogP contribution in [-0.4, -0.2) is 18.2 Å². The zero-order valence-corrected chi connectivity index (χ0v) is 12.1. The van der Waals surface area contributed by atoms with Crippen LogP contribution in [0.3, 0.4) is 0 Å². The van der Waals surface area contributed by atoms with E-state index in [0.717, 1.165) is 32.2 Å². The summed E-state index contributed by atoms with van der Waals surface area (Å²) in [6.07, 6.45) is 10.2. The van der Waals surface area contributed by atoms with Crippen molar-refractivity contribution in [2.75, 3.05) is 6.54 Å². The molecule has 1 amide bonds. The molecule has 0 rings (SSSR count). The first-order valence-electron chi connectivity index (χ1n) is 7.43. The number of amides is 1. The molecule has 0 saturated carbocycles. The van der Waals surface area contributed by atoms with Crippen molar-refractivity contribution < 1.29 is 9.59 Å². The van der Waals surface area contributed by atoms with E-state index in [9.17, 15) is 9.59 Å². The average molecular weight is 255 g/mol. The van der Waals surface area contributed by atoms with Gasteiger partial charge in [0.05, 0.1) is 0 Å². The number of carbonyl (C=O) groups excluding carboxylic acids is 2. The molecule has 0 aliphatic heterocycles. The molecule has 0 aliphatic carbocycles. The van der Waals surface area contributed by atoms with Crippen LogP contribution in [0.2, 0.25) is 0 Å². The molecule has 0 aromatic rings. The third kappa shape index (κ3) is 13.2. The van der Waals surface area contributed by atoms with Gasteiger partial charge in [0.25, 0.3) is 0 Å². The van der Waals surface area contributed by atoms with E-state index in [2.05, 4.69) is 12.2 Å². The number of carbonyl (C=O) groups is 2. The van der Waals surface area contributed by atoms with Crippen LogP contribution in [0.5, 0.6) is 0 Å². The summed E-state index contributed by atoms with van der Waals surface area (Å²) in [5.41, 5.74) is 0. The SMILES string of the molecule is CCCCCCCC(=O)NCCCCCC(C)=O. The Bertz CT molecular complexity index is 227. The number of ketones is 1. The first kappa shape index (κ1) is 17.1. The molecule has 0 fully saturated rings. The molecule has 0 saturated heterocycles. The summed E-state index contributed by atoms with van der Waals surface area (Å²) in [6.45, 7) is 4.57. The van der Waals surface area contributed by atoms with Crippen LogP contribution in [0, 0.1) is 0 Å². The van der Waals surface area contributed by atoms with Crippen LogP contribution in [0.25, 0.3) is 0 Å². The van der Waals surface area contributed by atoms with E-state index in [1.807, 2.05) is 0 Å². The maximum Gasteiger partial charge on any atom is 0.219 e. The lowest BCUT2D eigenvalue weighted by molar-refractivity contribution is -0.121. The van der Waals surface area contributed by atoms with E-state index in [-0.39, 0.29) is 11.7 Å². The first-order valence-corrected chi connectivity index (χ1v) is 7.43. The molecule has 0 aromatic carbocycles. The van der Waals surface area contributed by atoms with Crippen LogP contribution in [-0.2, 0) is 9.59 Å². The van der Waals surface area contributed by atoms with Gasteiger partial charge in [-0.3, -0.25) is 4.79 Å². The molecular weight excluding hydrogens is 226 g/mol. The Morgan fingerprint density at radius 2 is 1.44 bits per heavy atom. The van der Waals surface area contributed by atoms with Gasteiger partial charge in [-0.15, -0.1) is 0 Å². The molecule has 0 unspecified atom stereocenters. The van der Waals surface area contributed by atoms with Crippen LogP contribution in [0.4, 0.5) is 0 Å². The highest BCUT2D eigenvalue weighted by molar-refractivity contribution is 5.75. The minimum absolute atomic E-state index is 0.179. The number of Topliss-reactive ketones (excluding diaryl/α,β-unsaturated/α-hetero) is 1. The summed E-state index contributed by atoms with van der Waals surface area (Å²) in [6, 6.07) is 0. The smallest absolute Gasteiger partial charge is 0.219 e. The largest absolute Gasteiger partial charge is 0.356 e. The summed E-state index contributed by atoms with van der Waals surface area (Å²) in [5, 5.41) is 2.94. The summed E-state index contributed by atoms with van der Waals surface area (Å²) in [4.78, 5) is 22.2. The Hall–Kier alpha value is -0.860. The molecule has 106 valence electrons. The van der Waals surface area contributed by atoms with Crippen molar-refractivity contribution in [2.45, 2.75) is 78.1 Å². The summed E-state index contributed by atoms with van der Waals surface area (Å²) in [7, 11) is 0. The van der Waals surface area contributed by atoms with Crippen molar-refractivity contribution >= 4 is 11.7 Å². The zero-order chi connectivity index (χ0) is 13.6. The number of rotatable bonds is 12. The van der Waals surface area contributed by atoms with Crippen molar-refractivity contribution in [3.05, 3.63) is 0 Å². The summed E-state index contributed by atoms with van der Waals surface area (Å²) in [5.74, 6) is 0.434. The second-order valence-corrected chi connectivity index (χ2v) is 5.03. The van der Waals surface area contributed by atoms with Crippen molar-refractivity contribution in [3.8, 4) is 0 Å². The molecule has 0 spiro atoms. The fourth-order valence-corrected chi connectivity index (χ4v) is 1.88. The molecule has 0 aromatic heterocycles. The molecule has 0 bridgehead atoms. The minimum atomic E-state index is 0.179. The Morgan fingerprint density at radius 3 is 2.11 bits per heavy atom. The lowest BCUT2D eigenvalue weighted by atomic mass is 10.1. The maximum atomic E-state index is 11.5. The van der Waals surface area contributed by atoms with E-state index in [4.69, 9.17) is 0 Å². The van der Waals surface area contributed by atoms with Gasteiger partial charge in [0.1, 0.15) is 5.78 Å². The fourth-order valence-electron chi connectivity index (χ4n) is 1.88. The Morgan fingerprint density at radius 1 is 0.833 bits per heavy atom. The predicted octanol–water partition coefficient (Wildman–Crippen LogP) is 3.61. The second-order valence-electron chi connectivity index (χ2n) is 5.03. The van der Waals surface area contributed by atoms with E-state index < -0.39 is 0 Å². The van der Waals surface area contributed by atoms with Crippen molar-refractivity contribution in [3.63, 3.8) is 0 Å². The average Bonchev–Trinajstić information content (AvgIpc) is 2.33. The highest BCUT2D eigenvalue weighted by atomic mass is 16.1. The van der Waals surface area contributed by atoms with Crippen molar-refractivity contribution in [2.24, 2.45) is 0 Å². The molecule has 3 nitrogen and oxygen atoms in total. The Kier molecular flexibility index (Phi) is 12.0. The van der Waals surface area contributed by atoms with Crippen molar-refractivity contribution in [1.29, 1.82) is 0 Å². The normalized spacial score (nSPS) is 10.3. The van der Waals surface area contributed by atoms with Gasteiger partial charge in [0.15, 0.2) is 0 Å². The third-order valence-corrected chi connectivity index (χ3v) is 3.04. The quantitative estimate of drug-likeness (QED) is 0.541. The lowest BCUT2D eigenvalue weighted by Gasteiger charge is -2.05. The van der Waals surface area contributed by atoms with E-state index in [0.29, 0.717) is 12.8 Å². The highest BCUT2D eigenvalue weighted by Gasteiger charge is 2.00. The van der Waals surface area contributed by atoms with Gasteiger partial charge in [-0.25, -0.2) is 0 Å². The number of hydrogen-bond acceptors (Lipinski definition) is 2. The molecule has 3 heteroatoms. The Balaban J connectivity index is 3.19.